The number of fused-ring (bicyclic) bond motifs is 3. The molecule has 0 aliphatic rings. The molecule has 0 spiro atoms. The number of H-pyrrole nitrogens is 1. The van der Waals surface area contributed by atoms with Gasteiger partial charge in [0.2, 0.25) is 0 Å². The van der Waals surface area contributed by atoms with Gasteiger partial charge >= 0.3 is 0 Å². The molecule has 1 aromatic heterocycles. The predicted molar refractivity (Wildman–Crippen MR) is 118 cm³/mol. The molecule has 4 rings (SSSR count). The minimum Gasteiger partial charge on any atom is -0.382 e. The predicted octanol–water partition coefficient (Wildman–Crippen LogP) is 6.40. The Hall–Kier alpha value is -2.11. The van der Waals surface area contributed by atoms with E-state index in [1.807, 2.05) is 30.3 Å². The van der Waals surface area contributed by atoms with E-state index in [1.165, 1.54) is 0 Å². The number of hydrogen-bond donors (Lipinski definition) is 4. The van der Waals surface area contributed by atoms with Gasteiger partial charge in [0.15, 0.2) is 0 Å². The molecule has 0 radical (unpaired) electrons. The molecule has 0 atom stereocenters. The summed E-state index contributed by atoms with van der Waals surface area (Å²) in [5.41, 5.74) is 10.4. The number of aromatic amines is 1. The van der Waals surface area contributed by atoms with Gasteiger partial charge in [-0.15, -0.1) is 0 Å². The summed E-state index contributed by atoms with van der Waals surface area (Å²) in [5, 5.41) is 10.5. The van der Waals surface area contributed by atoms with E-state index in [0.29, 0.717) is 28.2 Å². The molecule has 0 saturated heterocycles. The standard InChI is InChI=1S/C20H17Cl3N4/c21-11-7-15-14-9-12(26-13-1-3-16(22)17(23)10-13)2-4-18(14)27-20(15)19(8-11)25-6-5-24/h1-4,7-10,25-27H,5-6,24H2. The molecule has 4 aromatic rings. The largest absolute Gasteiger partial charge is 0.382 e. The monoisotopic (exact) mass is 418 g/mol. The number of rotatable bonds is 5. The van der Waals surface area contributed by atoms with Crippen molar-refractivity contribution in [2.45, 2.75) is 0 Å². The Bertz CT molecular complexity index is 1140. The van der Waals surface area contributed by atoms with Gasteiger partial charge in [0.05, 0.1) is 21.2 Å². The van der Waals surface area contributed by atoms with Crippen LogP contribution < -0.4 is 16.4 Å². The van der Waals surface area contributed by atoms with Crippen molar-refractivity contribution in [3.8, 4) is 0 Å². The fraction of sp³-hybridized carbons (Fsp3) is 0.100. The van der Waals surface area contributed by atoms with Crippen molar-refractivity contribution in [3.05, 3.63) is 63.6 Å². The van der Waals surface area contributed by atoms with E-state index in [1.54, 1.807) is 12.1 Å². The third-order valence-electron chi connectivity index (χ3n) is 4.34. The molecule has 4 nitrogen and oxygen atoms in total. The highest BCUT2D eigenvalue weighted by atomic mass is 35.5. The summed E-state index contributed by atoms with van der Waals surface area (Å²) in [5.74, 6) is 0. The van der Waals surface area contributed by atoms with Crippen LogP contribution in [0.15, 0.2) is 48.5 Å². The van der Waals surface area contributed by atoms with Gasteiger partial charge < -0.3 is 21.4 Å². The zero-order valence-electron chi connectivity index (χ0n) is 14.2. The van der Waals surface area contributed by atoms with E-state index in [-0.39, 0.29) is 0 Å². The molecule has 0 fully saturated rings. The molecule has 7 heteroatoms. The lowest BCUT2D eigenvalue weighted by Crippen LogP contribution is -2.13. The Balaban J connectivity index is 1.77. The average Bonchev–Trinajstić information content (AvgIpc) is 3.01. The van der Waals surface area contributed by atoms with Gasteiger partial charge in [-0.05, 0) is 48.5 Å². The highest BCUT2D eigenvalue weighted by Gasteiger charge is 2.11. The summed E-state index contributed by atoms with van der Waals surface area (Å²) in [7, 11) is 0. The number of aromatic nitrogens is 1. The van der Waals surface area contributed by atoms with Crippen molar-refractivity contribution >= 4 is 73.7 Å². The maximum atomic E-state index is 6.33. The molecular weight excluding hydrogens is 403 g/mol. The Morgan fingerprint density at radius 3 is 2.41 bits per heavy atom. The smallest absolute Gasteiger partial charge is 0.0701 e. The number of halogens is 3. The summed E-state index contributed by atoms with van der Waals surface area (Å²) in [4.78, 5) is 3.46. The van der Waals surface area contributed by atoms with Crippen molar-refractivity contribution < 1.29 is 0 Å². The first kappa shape index (κ1) is 18.3. The minimum atomic E-state index is 0.511. The fourth-order valence-corrected chi connectivity index (χ4v) is 3.65. The second kappa shape index (κ2) is 7.49. The summed E-state index contributed by atoms with van der Waals surface area (Å²) < 4.78 is 0. The van der Waals surface area contributed by atoms with E-state index in [2.05, 4.69) is 21.7 Å². The average molecular weight is 420 g/mol. The van der Waals surface area contributed by atoms with Crippen LogP contribution in [0.5, 0.6) is 0 Å². The molecule has 0 bridgehead atoms. The highest BCUT2D eigenvalue weighted by molar-refractivity contribution is 6.42. The van der Waals surface area contributed by atoms with Crippen LogP contribution in [0.2, 0.25) is 15.1 Å². The molecule has 0 aliphatic heterocycles. The summed E-state index contributed by atoms with van der Waals surface area (Å²) in [6.45, 7) is 1.22. The van der Waals surface area contributed by atoms with Crippen LogP contribution in [0.4, 0.5) is 17.1 Å². The summed E-state index contributed by atoms with van der Waals surface area (Å²) >= 11 is 18.4. The van der Waals surface area contributed by atoms with Crippen LogP contribution in [0.25, 0.3) is 21.8 Å². The zero-order valence-corrected chi connectivity index (χ0v) is 16.5. The van der Waals surface area contributed by atoms with E-state index < -0.39 is 0 Å². The first-order valence-electron chi connectivity index (χ1n) is 8.46. The molecular formula is C20H17Cl3N4. The second-order valence-electron chi connectivity index (χ2n) is 6.23. The summed E-state index contributed by atoms with van der Waals surface area (Å²) in [6.07, 6.45) is 0. The van der Waals surface area contributed by atoms with E-state index in [9.17, 15) is 0 Å². The lowest BCUT2D eigenvalue weighted by molar-refractivity contribution is 1.03. The van der Waals surface area contributed by atoms with Crippen LogP contribution in [0.1, 0.15) is 0 Å². The van der Waals surface area contributed by atoms with E-state index in [4.69, 9.17) is 40.5 Å². The Kier molecular flexibility index (Phi) is 5.06. The van der Waals surface area contributed by atoms with Gasteiger partial charge in [0.25, 0.3) is 0 Å². The molecule has 5 N–H and O–H groups in total. The fourth-order valence-electron chi connectivity index (χ4n) is 3.13. The quantitative estimate of drug-likeness (QED) is 0.303. The second-order valence-corrected chi connectivity index (χ2v) is 7.48. The molecule has 138 valence electrons. The maximum Gasteiger partial charge on any atom is 0.0701 e. The van der Waals surface area contributed by atoms with Crippen LogP contribution in [-0.4, -0.2) is 18.1 Å². The minimum absolute atomic E-state index is 0.511. The molecule has 3 aromatic carbocycles. The normalized spacial score (nSPS) is 11.3. The van der Waals surface area contributed by atoms with Crippen molar-refractivity contribution in [2.24, 2.45) is 5.73 Å². The van der Waals surface area contributed by atoms with Crippen molar-refractivity contribution in [3.63, 3.8) is 0 Å². The Labute approximate surface area is 171 Å². The van der Waals surface area contributed by atoms with Crippen molar-refractivity contribution in [2.75, 3.05) is 23.7 Å². The van der Waals surface area contributed by atoms with Crippen molar-refractivity contribution in [1.29, 1.82) is 0 Å². The SMILES string of the molecule is NCCNc1cc(Cl)cc2c1[nH]c1ccc(Nc3ccc(Cl)c(Cl)c3)cc12. The number of anilines is 3. The number of benzene rings is 3. The highest BCUT2D eigenvalue weighted by Crippen LogP contribution is 2.35. The maximum absolute atomic E-state index is 6.33. The van der Waals surface area contributed by atoms with Crippen LogP contribution in [0.3, 0.4) is 0 Å². The van der Waals surface area contributed by atoms with Gasteiger partial charge in [0.1, 0.15) is 0 Å². The van der Waals surface area contributed by atoms with Gasteiger partial charge in [-0.2, -0.15) is 0 Å². The first-order valence-corrected chi connectivity index (χ1v) is 9.59. The molecule has 1 heterocycles. The third-order valence-corrected chi connectivity index (χ3v) is 5.30. The topological polar surface area (TPSA) is 65.9 Å². The molecule has 0 saturated carbocycles. The summed E-state index contributed by atoms with van der Waals surface area (Å²) in [6, 6.07) is 15.5. The zero-order chi connectivity index (χ0) is 19.0. The van der Waals surface area contributed by atoms with E-state index in [0.717, 1.165) is 38.9 Å². The molecule has 27 heavy (non-hydrogen) atoms. The Morgan fingerprint density at radius 1 is 0.852 bits per heavy atom. The van der Waals surface area contributed by atoms with Gasteiger partial charge in [-0.25, -0.2) is 0 Å². The van der Waals surface area contributed by atoms with Gasteiger partial charge in [-0.3, -0.25) is 0 Å². The number of nitrogens with one attached hydrogen (secondary N) is 3. The van der Waals surface area contributed by atoms with Crippen LogP contribution >= 0.6 is 34.8 Å². The molecule has 0 amide bonds. The third kappa shape index (κ3) is 3.66. The number of nitrogens with two attached hydrogens (primary N) is 1. The van der Waals surface area contributed by atoms with Gasteiger partial charge in [-0.1, -0.05) is 34.8 Å². The van der Waals surface area contributed by atoms with Crippen LogP contribution in [-0.2, 0) is 0 Å². The van der Waals surface area contributed by atoms with Crippen LogP contribution in [0, 0.1) is 0 Å². The lowest BCUT2D eigenvalue weighted by Gasteiger charge is -2.08. The van der Waals surface area contributed by atoms with Crippen molar-refractivity contribution in [1.82, 2.24) is 4.98 Å². The van der Waals surface area contributed by atoms with Gasteiger partial charge in [0, 0.05) is 45.8 Å². The first-order chi connectivity index (χ1) is 13.0. The molecule has 0 aliphatic carbocycles. The lowest BCUT2D eigenvalue weighted by atomic mass is 10.1. The number of hydrogen-bond acceptors (Lipinski definition) is 3. The van der Waals surface area contributed by atoms with E-state index >= 15 is 0 Å². The Morgan fingerprint density at radius 2 is 1.63 bits per heavy atom. The molecule has 0 unspecified atom stereocenters.